The fourth-order valence-corrected chi connectivity index (χ4v) is 3.75. The molecular formula is C15H14Cl2N2O3S. The molecule has 23 heavy (non-hydrogen) atoms. The van der Waals surface area contributed by atoms with Crippen LogP contribution in [-0.2, 0) is 10.0 Å². The third-order valence-electron chi connectivity index (χ3n) is 3.13. The Labute approximate surface area is 144 Å². The van der Waals surface area contributed by atoms with Gasteiger partial charge in [0.2, 0.25) is 0 Å². The largest absolute Gasteiger partial charge is 0.355 e. The third-order valence-corrected chi connectivity index (χ3v) is 5.22. The van der Waals surface area contributed by atoms with Gasteiger partial charge in [0, 0.05) is 17.6 Å². The molecule has 0 aliphatic rings. The van der Waals surface area contributed by atoms with Crippen molar-refractivity contribution in [2.45, 2.75) is 11.8 Å². The third kappa shape index (κ3) is 3.96. The molecule has 8 heteroatoms. The van der Waals surface area contributed by atoms with Crippen molar-refractivity contribution < 1.29 is 13.2 Å². The highest BCUT2D eigenvalue weighted by Gasteiger charge is 2.19. The first kappa shape index (κ1) is 17.6. The molecule has 2 rings (SSSR count). The van der Waals surface area contributed by atoms with Crippen molar-refractivity contribution in [1.29, 1.82) is 0 Å². The number of hydrogen-bond donors (Lipinski definition) is 2. The molecule has 0 aliphatic carbocycles. The van der Waals surface area contributed by atoms with Gasteiger partial charge in [0.1, 0.15) is 0 Å². The van der Waals surface area contributed by atoms with Crippen molar-refractivity contribution in [3.05, 3.63) is 57.6 Å². The van der Waals surface area contributed by atoms with Gasteiger partial charge in [0.15, 0.2) is 0 Å². The molecule has 2 aromatic carbocycles. The van der Waals surface area contributed by atoms with E-state index in [0.29, 0.717) is 16.1 Å². The van der Waals surface area contributed by atoms with Gasteiger partial charge in [-0.3, -0.25) is 9.52 Å². The van der Waals surface area contributed by atoms with Crippen LogP contribution < -0.4 is 10.0 Å². The Morgan fingerprint density at radius 3 is 2.39 bits per heavy atom. The number of carbonyl (C=O) groups is 1. The second kappa shape index (κ2) is 6.78. The average Bonchev–Trinajstić information content (AvgIpc) is 2.48. The Bertz CT molecular complexity index is 867. The number of hydrogen-bond acceptors (Lipinski definition) is 3. The predicted molar refractivity (Wildman–Crippen MR) is 91.8 cm³/mol. The highest BCUT2D eigenvalue weighted by molar-refractivity contribution is 7.92. The molecule has 0 aliphatic heterocycles. The zero-order valence-corrected chi connectivity index (χ0v) is 14.7. The van der Waals surface area contributed by atoms with E-state index in [2.05, 4.69) is 10.0 Å². The van der Waals surface area contributed by atoms with E-state index in [1.165, 1.54) is 37.4 Å². The topological polar surface area (TPSA) is 75.3 Å². The van der Waals surface area contributed by atoms with Gasteiger partial charge < -0.3 is 5.32 Å². The van der Waals surface area contributed by atoms with Crippen molar-refractivity contribution >= 4 is 44.8 Å². The summed E-state index contributed by atoms with van der Waals surface area (Å²) in [6.07, 6.45) is 0. The highest BCUT2D eigenvalue weighted by atomic mass is 35.5. The van der Waals surface area contributed by atoms with E-state index in [0.717, 1.165) is 0 Å². The quantitative estimate of drug-likeness (QED) is 0.862. The van der Waals surface area contributed by atoms with Gasteiger partial charge in [-0.2, -0.15) is 0 Å². The highest BCUT2D eigenvalue weighted by Crippen LogP contribution is 2.27. The maximum absolute atomic E-state index is 12.5. The smallest absolute Gasteiger partial charge is 0.262 e. The molecule has 0 unspecified atom stereocenters. The lowest BCUT2D eigenvalue weighted by atomic mass is 10.2. The first-order valence-corrected chi connectivity index (χ1v) is 8.79. The maximum atomic E-state index is 12.5. The fourth-order valence-electron chi connectivity index (χ4n) is 2.00. The lowest BCUT2D eigenvalue weighted by Gasteiger charge is -2.13. The number of sulfonamides is 1. The molecule has 0 bridgehead atoms. The maximum Gasteiger partial charge on any atom is 0.262 e. The van der Waals surface area contributed by atoms with E-state index in [1.54, 1.807) is 13.0 Å². The summed E-state index contributed by atoms with van der Waals surface area (Å²) in [6.45, 7) is 1.64. The first-order chi connectivity index (χ1) is 10.7. The normalized spacial score (nSPS) is 11.1. The van der Waals surface area contributed by atoms with E-state index in [9.17, 15) is 13.2 Å². The number of halogens is 2. The number of carbonyl (C=O) groups excluding carboxylic acids is 1. The number of aryl methyl sites for hydroxylation is 1. The summed E-state index contributed by atoms with van der Waals surface area (Å²) in [5.41, 5.74) is 0.924. The predicted octanol–water partition coefficient (Wildman–Crippen LogP) is 3.46. The van der Waals surface area contributed by atoms with Crippen LogP contribution >= 0.6 is 23.2 Å². The molecule has 5 nitrogen and oxygen atoms in total. The minimum absolute atomic E-state index is 0.0864. The van der Waals surface area contributed by atoms with Gasteiger partial charge in [-0.15, -0.1) is 0 Å². The van der Waals surface area contributed by atoms with Crippen molar-refractivity contribution in [3.63, 3.8) is 0 Å². The van der Waals surface area contributed by atoms with Crippen LogP contribution in [0.4, 0.5) is 5.69 Å². The zero-order chi connectivity index (χ0) is 17.2. The Morgan fingerprint density at radius 2 is 1.78 bits per heavy atom. The standard InChI is InChI=1S/C15H14Cl2N2O3S/c1-9-7-11(16)4-6-14(9)23(21,22)19-13-8-10(15(20)18-2)3-5-12(13)17/h3-8,19H,1-2H3,(H,18,20). The summed E-state index contributed by atoms with van der Waals surface area (Å²) in [4.78, 5) is 11.7. The number of anilines is 1. The number of benzene rings is 2. The molecule has 0 saturated heterocycles. The summed E-state index contributed by atoms with van der Waals surface area (Å²) in [7, 11) is -2.37. The van der Waals surface area contributed by atoms with Crippen LogP contribution in [0.5, 0.6) is 0 Å². The number of amides is 1. The monoisotopic (exact) mass is 372 g/mol. The van der Waals surface area contributed by atoms with Crippen LogP contribution in [0.3, 0.4) is 0 Å². The summed E-state index contributed by atoms with van der Waals surface area (Å²) < 4.78 is 27.4. The Hall–Kier alpha value is -1.76. The molecule has 1 amide bonds. The van der Waals surface area contributed by atoms with Crippen molar-refractivity contribution in [2.75, 3.05) is 11.8 Å². The average molecular weight is 373 g/mol. The minimum atomic E-state index is -3.86. The fraction of sp³-hybridized carbons (Fsp3) is 0.133. The van der Waals surface area contributed by atoms with Gasteiger partial charge in [0.05, 0.1) is 15.6 Å². The van der Waals surface area contributed by atoms with Gasteiger partial charge in [0.25, 0.3) is 15.9 Å². The van der Waals surface area contributed by atoms with E-state index in [-0.39, 0.29) is 21.5 Å². The van der Waals surface area contributed by atoms with Crippen molar-refractivity contribution in [2.24, 2.45) is 0 Å². The molecule has 0 heterocycles. The van der Waals surface area contributed by atoms with E-state index in [1.807, 2.05) is 0 Å². The van der Waals surface area contributed by atoms with Gasteiger partial charge >= 0.3 is 0 Å². The van der Waals surface area contributed by atoms with Gasteiger partial charge in [-0.05, 0) is 48.9 Å². The summed E-state index contributed by atoms with van der Waals surface area (Å²) in [5, 5.41) is 3.10. The lowest BCUT2D eigenvalue weighted by Crippen LogP contribution is -2.19. The minimum Gasteiger partial charge on any atom is -0.355 e. The summed E-state index contributed by atoms with van der Waals surface area (Å²) in [5.74, 6) is -0.343. The van der Waals surface area contributed by atoms with E-state index < -0.39 is 10.0 Å². The second-order valence-electron chi connectivity index (χ2n) is 4.79. The SMILES string of the molecule is CNC(=O)c1ccc(Cl)c(NS(=O)(=O)c2ccc(Cl)cc2C)c1. The van der Waals surface area contributed by atoms with E-state index in [4.69, 9.17) is 23.2 Å². The molecular weight excluding hydrogens is 359 g/mol. The molecule has 0 atom stereocenters. The van der Waals surface area contributed by atoms with Crippen molar-refractivity contribution in [1.82, 2.24) is 5.32 Å². The second-order valence-corrected chi connectivity index (χ2v) is 7.28. The van der Waals surface area contributed by atoms with Crippen LogP contribution in [0, 0.1) is 6.92 Å². The Kier molecular flexibility index (Phi) is 5.19. The summed E-state index contributed by atoms with van der Waals surface area (Å²) >= 11 is 11.9. The first-order valence-electron chi connectivity index (χ1n) is 6.55. The zero-order valence-electron chi connectivity index (χ0n) is 12.4. The van der Waals surface area contributed by atoms with Crippen LogP contribution in [0.2, 0.25) is 10.0 Å². The summed E-state index contributed by atoms with van der Waals surface area (Å²) in [6, 6.07) is 8.80. The van der Waals surface area contributed by atoms with Gasteiger partial charge in [-0.25, -0.2) is 8.42 Å². The Morgan fingerprint density at radius 1 is 1.09 bits per heavy atom. The lowest BCUT2D eigenvalue weighted by molar-refractivity contribution is 0.0963. The number of rotatable bonds is 4. The Balaban J connectivity index is 2.43. The molecule has 0 spiro atoms. The molecule has 0 radical (unpaired) electrons. The molecule has 2 N–H and O–H groups in total. The number of nitrogens with one attached hydrogen (secondary N) is 2. The molecule has 122 valence electrons. The van der Waals surface area contributed by atoms with Crippen LogP contribution in [-0.4, -0.2) is 21.4 Å². The molecule has 0 aromatic heterocycles. The molecule has 2 aromatic rings. The van der Waals surface area contributed by atoms with Crippen LogP contribution in [0.1, 0.15) is 15.9 Å². The van der Waals surface area contributed by atoms with Crippen molar-refractivity contribution in [3.8, 4) is 0 Å². The van der Waals surface area contributed by atoms with Gasteiger partial charge in [-0.1, -0.05) is 23.2 Å². The van der Waals surface area contributed by atoms with E-state index >= 15 is 0 Å². The molecule has 0 saturated carbocycles. The van der Waals surface area contributed by atoms with Crippen LogP contribution in [0.25, 0.3) is 0 Å². The van der Waals surface area contributed by atoms with Crippen LogP contribution in [0.15, 0.2) is 41.3 Å². The molecule has 0 fully saturated rings.